The van der Waals surface area contributed by atoms with Crippen LogP contribution >= 0.6 is 0 Å². The van der Waals surface area contributed by atoms with Crippen LogP contribution in [0.15, 0.2) is 78.9 Å². The smallest absolute Gasteiger partial charge is 0.340 e. The molecule has 0 radical (unpaired) electrons. The SMILES string of the molecule is CCOc1ccc(N(Cc2ccccc2)C2OC(=O)c3ccccc32)cc1. The molecule has 3 aromatic rings. The normalized spacial score (nSPS) is 15.1. The van der Waals surface area contributed by atoms with Crippen molar-refractivity contribution in [1.82, 2.24) is 0 Å². The van der Waals surface area contributed by atoms with Gasteiger partial charge in [0.25, 0.3) is 0 Å². The van der Waals surface area contributed by atoms with E-state index in [9.17, 15) is 4.79 Å². The molecule has 136 valence electrons. The van der Waals surface area contributed by atoms with E-state index in [0.29, 0.717) is 18.7 Å². The number of cyclic esters (lactones) is 1. The first-order chi connectivity index (χ1) is 13.3. The Labute approximate surface area is 159 Å². The number of hydrogen-bond acceptors (Lipinski definition) is 4. The molecular formula is C23H21NO3. The van der Waals surface area contributed by atoms with Crippen LogP contribution in [0, 0.1) is 0 Å². The Morgan fingerprint density at radius 2 is 1.63 bits per heavy atom. The first-order valence-corrected chi connectivity index (χ1v) is 9.09. The van der Waals surface area contributed by atoms with Crippen molar-refractivity contribution in [2.75, 3.05) is 11.5 Å². The van der Waals surface area contributed by atoms with Gasteiger partial charge in [0.2, 0.25) is 6.23 Å². The van der Waals surface area contributed by atoms with Crippen molar-refractivity contribution < 1.29 is 14.3 Å². The number of esters is 1. The predicted octanol–water partition coefficient (Wildman–Crippen LogP) is 4.96. The number of carbonyl (C=O) groups excluding carboxylic acids is 1. The Balaban J connectivity index is 1.71. The van der Waals surface area contributed by atoms with Crippen LogP contribution in [0.2, 0.25) is 0 Å². The standard InChI is InChI=1S/C23H21NO3/c1-2-26-19-14-12-18(13-15-19)24(16-17-8-4-3-5-9-17)22-20-10-6-7-11-21(20)23(25)27-22/h3-15,22H,2,16H2,1H3. The molecule has 0 amide bonds. The summed E-state index contributed by atoms with van der Waals surface area (Å²) in [6, 6.07) is 25.6. The summed E-state index contributed by atoms with van der Waals surface area (Å²) in [5.74, 6) is 0.546. The minimum atomic E-state index is -0.452. The van der Waals surface area contributed by atoms with Gasteiger partial charge in [-0.05, 0) is 42.8 Å². The first-order valence-electron chi connectivity index (χ1n) is 9.09. The van der Waals surface area contributed by atoms with Gasteiger partial charge in [-0.3, -0.25) is 0 Å². The fourth-order valence-corrected chi connectivity index (χ4v) is 3.35. The van der Waals surface area contributed by atoms with Crippen molar-refractivity contribution in [2.45, 2.75) is 19.7 Å². The molecule has 0 N–H and O–H groups in total. The second-order valence-electron chi connectivity index (χ2n) is 6.39. The molecule has 0 saturated carbocycles. The molecule has 1 aliphatic rings. The highest BCUT2D eigenvalue weighted by atomic mass is 16.6. The van der Waals surface area contributed by atoms with Crippen LogP contribution < -0.4 is 9.64 Å². The number of ether oxygens (including phenoxy) is 2. The molecule has 0 aromatic heterocycles. The van der Waals surface area contributed by atoms with Crippen LogP contribution in [0.25, 0.3) is 0 Å². The van der Waals surface area contributed by atoms with Crippen molar-refractivity contribution in [3.05, 3.63) is 95.6 Å². The molecule has 4 nitrogen and oxygen atoms in total. The maximum Gasteiger partial charge on any atom is 0.340 e. The van der Waals surface area contributed by atoms with Gasteiger partial charge in [0.1, 0.15) is 5.75 Å². The van der Waals surface area contributed by atoms with E-state index in [2.05, 4.69) is 17.0 Å². The fraction of sp³-hybridized carbons (Fsp3) is 0.174. The van der Waals surface area contributed by atoms with Crippen molar-refractivity contribution in [2.24, 2.45) is 0 Å². The molecule has 0 fully saturated rings. The van der Waals surface area contributed by atoms with Crippen LogP contribution in [0.5, 0.6) is 5.75 Å². The molecule has 27 heavy (non-hydrogen) atoms. The van der Waals surface area contributed by atoms with Gasteiger partial charge in [0.05, 0.1) is 12.2 Å². The topological polar surface area (TPSA) is 38.8 Å². The third kappa shape index (κ3) is 3.51. The summed E-state index contributed by atoms with van der Waals surface area (Å²) in [6.07, 6.45) is -0.452. The fourth-order valence-electron chi connectivity index (χ4n) is 3.35. The third-order valence-corrected chi connectivity index (χ3v) is 4.62. The van der Waals surface area contributed by atoms with Gasteiger partial charge in [-0.25, -0.2) is 4.79 Å². The maximum atomic E-state index is 12.3. The molecule has 1 unspecified atom stereocenters. The predicted molar refractivity (Wildman–Crippen MR) is 105 cm³/mol. The van der Waals surface area contributed by atoms with Crippen molar-refractivity contribution in [1.29, 1.82) is 0 Å². The first kappa shape index (κ1) is 17.2. The zero-order chi connectivity index (χ0) is 18.6. The molecular weight excluding hydrogens is 338 g/mol. The monoisotopic (exact) mass is 359 g/mol. The number of carbonyl (C=O) groups is 1. The quantitative estimate of drug-likeness (QED) is 0.583. The Bertz CT molecular complexity index is 922. The lowest BCUT2D eigenvalue weighted by Crippen LogP contribution is -2.28. The van der Waals surface area contributed by atoms with Gasteiger partial charge in [-0.1, -0.05) is 48.5 Å². The summed E-state index contributed by atoms with van der Waals surface area (Å²) in [7, 11) is 0. The Morgan fingerprint density at radius 3 is 2.37 bits per heavy atom. The van der Waals surface area contributed by atoms with E-state index in [-0.39, 0.29) is 5.97 Å². The summed E-state index contributed by atoms with van der Waals surface area (Å²) >= 11 is 0. The molecule has 1 aliphatic heterocycles. The van der Waals surface area contributed by atoms with Crippen LogP contribution in [0.4, 0.5) is 5.69 Å². The highest BCUT2D eigenvalue weighted by molar-refractivity contribution is 5.94. The van der Waals surface area contributed by atoms with Gasteiger partial charge in [0, 0.05) is 17.8 Å². The molecule has 0 saturated heterocycles. The Morgan fingerprint density at radius 1 is 0.926 bits per heavy atom. The number of benzene rings is 3. The Hall–Kier alpha value is -3.27. The molecule has 4 rings (SSSR count). The zero-order valence-corrected chi connectivity index (χ0v) is 15.2. The number of rotatable bonds is 6. The number of hydrogen-bond donors (Lipinski definition) is 0. The second-order valence-corrected chi connectivity index (χ2v) is 6.39. The molecule has 1 heterocycles. The largest absolute Gasteiger partial charge is 0.494 e. The van der Waals surface area contributed by atoms with Gasteiger partial charge in [0.15, 0.2) is 0 Å². The summed E-state index contributed by atoms with van der Waals surface area (Å²) in [5.41, 5.74) is 3.64. The van der Waals surface area contributed by atoms with E-state index < -0.39 is 6.23 Å². The van der Waals surface area contributed by atoms with Crippen LogP contribution in [0.3, 0.4) is 0 Å². The van der Waals surface area contributed by atoms with E-state index in [0.717, 1.165) is 22.6 Å². The molecule has 0 spiro atoms. The lowest BCUT2D eigenvalue weighted by molar-refractivity contribution is 0.0374. The highest BCUT2D eigenvalue weighted by Gasteiger charge is 2.35. The lowest BCUT2D eigenvalue weighted by Gasteiger charge is -2.30. The lowest BCUT2D eigenvalue weighted by atomic mass is 10.1. The number of fused-ring (bicyclic) bond motifs is 1. The van der Waals surface area contributed by atoms with E-state index in [1.807, 2.05) is 73.7 Å². The number of nitrogens with zero attached hydrogens (tertiary/aromatic N) is 1. The van der Waals surface area contributed by atoms with Gasteiger partial charge >= 0.3 is 5.97 Å². The second kappa shape index (κ2) is 7.54. The van der Waals surface area contributed by atoms with Crippen LogP contribution in [-0.4, -0.2) is 12.6 Å². The summed E-state index contributed by atoms with van der Waals surface area (Å²) in [6.45, 7) is 3.21. The average Bonchev–Trinajstić information content (AvgIpc) is 3.05. The van der Waals surface area contributed by atoms with Crippen LogP contribution in [0.1, 0.15) is 34.6 Å². The zero-order valence-electron chi connectivity index (χ0n) is 15.2. The summed E-state index contributed by atoms with van der Waals surface area (Å²) < 4.78 is 11.3. The number of anilines is 1. The van der Waals surface area contributed by atoms with Crippen LogP contribution in [-0.2, 0) is 11.3 Å². The average molecular weight is 359 g/mol. The van der Waals surface area contributed by atoms with E-state index in [4.69, 9.17) is 9.47 Å². The molecule has 1 atom stereocenters. The van der Waals surface area contributed by atoms with Gasteiger partial charge < -0.3 is 14.4 Å². The minimum absolute atomic E-state index is 0.278. The summed E-state index contributed by atoms with van der Waals surface area (Å²) in [5, 5.41) is 0. The highest BCUT2D eigenvalue weighted by Crippen LogP contribution is 2.37. The van der Waals surface area contributed by atoms with Crippen molar-refractivity contribution in [3.8, 4) is 5.75 Å². The maximum absolute atomic E-state index is 12.3. The third-order valence-electron chi connectivity index (χ3n) is 4.62. The van der Waals surface area contributed by atoms with E-state index in [1.165, 1.54) is 0 Å². The summed E-state index contributed by atoms with van der Waals surface area (Å²) in [4.78, 5) is 14.4. The molecule has 4 heteroatoms. The van der Waals surface area contributed by atoms with Gasteiger partial charge in [-0.2, -0.15) is 0 Å². The van der Waals surface area contributed by atoms with Crippen molar-refractivity contribution >= 4 is 11.7 Å². The Kier molecular flexibility index (Phi) is 4.79. The van der Waals surface area contributed by atoms with E-state index >= 15 is 0 Å². The van der Waals surface area contributed by atoms with Crippen molar-refractivity contribution in [3.63, 3.8) is 0 Å². The van der Waals surface area contributed by atoms with E-state index in [1.54, 1.807) is 0 Å². The molecule has 3 aromatic carbocycles. The van der Waals surface area contributed by atoms with Gasteiger partial charge in [-0.15, -0.1) is 0 Å². The molecule has 0 aliphatic carbocycles. The molecule has 0 bridgehead atoms. The minimum Gasteiger partial charge on any atom is -0.494 e.